The lowest BCUT2D eigenvalue weighted by molar-refractivity contribution is -0.140. The van der Waals surface area contributed by atoms with E-state index in [0.717, 1.165) is 13.0 Å². The average Bonchev–Trinajstić information content (AvgIpc) is 2.27. The number of carbonyl (C=O) groups is 1. The SMILES string of the molecule is CCCNCC(=O)NCC(OCC)OCC. The Kier molecular flexibility index (Phi) is 10.4. The summed E-state index contributed by atoms with van der Waals surface area (Å²) in [6.45, 7) is 8.61. The van der Waals surface area contributed by atoms with Crippen LogP contribution in [0.15, 0.2) is 0 Å². The van der Waals surface area contributed by atoms with E-state index < -0.39 is 0 Å². The van der Waals surface area contributed by atoms with Crippen molar-refractivity contribution in [2.45, 2.75) is 33.5 Å². The van der Waals surface area contributed by atoms with Crippen LogP contribution in [0.4, 0.5) is 0 Å². The number of nitrogens with one attached hydrogen (secondary N) is 2. The third-order valence-corrected chi connectivity index (χ3v) is 1.88. The molecule has 0 aliphatic heterocycles. The molecule has 0 aromatic heterocycles. The molecular weight excluding hydrogens is 208 g/mol. The standard InChI is InChI=1S/C11H24N2O3/c1-4-7-12-8-10(14)13-9-11(15-5-2)16-6-3/h11-12H,4-9H2,1-3H3,(H,13,14). The van der Waals surface area contributed by atoms with Crippen LogP contribution in [0.25, 0.3) is 0 Å². The molecule has 0 bridgehead atoms. The Hall–Kier alpha value is -0.650. The third-order valence-electron chi connectivity index (χ3n) is 1.88. The predicted molar refractivity (Wildman–Crippen MR) is 63.2 cm³/mol. The van der Waals surface area contributed by atoms with E-state index in [-0.39, 0.29) is 12.2 Å². The van der Waals surface area contributed by atoms with Gasteiger partial charge in [-0.3, -0.25) is 4.79 Å². The first-order valence-corrected chi connectivity index (χ1v) is 5.95. The molecule has 0 fully saturated rings. The number of carbonyl (C=O) groups excluding carboxylic acids is 1. The molecule has 5 heteroatoms. The second-order valence-corrected chi connectivity index (χ2v) is 3.32. The molecule has 0 heterocycles. The van der Waals surface area contributed by atoms with Crippen molar-refractivity contribution < 1.29 is 14.3 Å². The first kappa shape index (κ1) is 15.3. The molecule has 0 saturated heterocycles. The molecule has 0 aromatic rings. The van der Waals surface area contributed by atoms with Crippen molar-refractivity contribution in [2.24, 2.45) is 0 Å². The first-order valence-electron chi connectivity index (χ1n) is 5.95. The smallest absolute Gasteiger partial charge is 0.234 e. The normalized spacial score (nSPS) is 10.8. The van der Waals surface area contributed by atoms with Gasteiger partial charge in [0.25, 0.3) is 0 Å². The van der Waals surface area contributed by atoms with E-state index >= 15 is 0 Å². The lowest BCUT2D eigenvalue weighted by Crippen LogP contribution is -2.40. The number of hydrogen-bond donors (Lipinski definition) is 2. The lowest BCUT2D eigenvalue weighted by Gasteiger charge is -2.17. The maximum Gasteiger partial charge on any atom is 0.234 e. The van der Waals surface area contributed by atoms with Gasteiger partial charge in [0.2, 0.25) is 5.91 Å². The fourth-order valence-corrected chi connectivity index (χ4v) is 1.18. The Labute approximate surface area is 97.9 Å². The minimum atomic E-state index is -0.342. The summed E-state index contributed by atoms with van der Waals surface area (Å²) in [5.41, 5.74) is 0. The molecule has 0 radical (unpaired) electrons. The first-order chi connectivity index (χ1) is 7.74. The van der Waals surface area contributed by atoms with Crippen molar-refractivity contribution in [3.05, 3.63) is 0 Å². The molecule has 2 N–H and O–H groups in total. The summed E-state index contributed by atoms with van der Waals surface area (Å²) in [4.78, 5) is 11.3. The van der Waals surface area contributed by atoms with Gasteiger partial charge in [-0.05, 0) is 26.8 Å². The predicted octanol–water partition coefficient (Wildman–Crippen LogP) is 0.501. The number of hydrogen-bond acceptors (Lipinski definition) is 4. The van der Waals surface area contributed by atoms with Crippen molar-refractivity contribution in [2.75, 3.05) is 32.8 Å². The van der Waals surface area contributed by atoms with Crippen LogP contribution >= 0.6 is 0 Å². The van der Waals surface area contributed by atoms with Crippen LogP contribution in [0.3, 0.4) is 0 Å². The summed E-state index contributed by atoms with van der Waals surface area (Å²) in [6, 6.07) is 0. The molecule has 0 aromatic carbocycles. The van der Waals surface area contributed by atoms with Crippen LogP contribution in [-0.2, 0) is 14.3 Å². The molecule has 1 amide bonds. The molecule has 0 atom stereocenters. The fourth-order valence-electron chi connectivity index (χ4n) is 1.18. The summed E-state index contributed by atoms with van der Waals surface area (Å²) in [6.07, 6.45) is 0.679. The van der Waals surface area contributed by atoms with E-state index in [1.807, 2.05) is 13.8 Å². The van der Waals surface area contributed by atoms with Crippen LogP contribution < -0.4 is 10.6 Å². The van der Waals surface area contributed by atoms with E-state index in [4.69, 9.17) is 9.47 Å². The van der Waals surface area contributed by atoms with Crippen molar-refractivity contribution in [3.8, 4) is 0 Å². The third kappa shape index (κ3) is 8.64. The highest BCUT2D eigenvalue weighted by Gasteiger charge is 2.09. The zero-order valence-electron chi connectivity index (χ0n) is 10.5. The molecule has 0 rings (SSSR count). The van der Waals surface area contributed by atoms with Crippen LogP contribution in [-0.4, -0.2) is 45.0 Å². The van der Waals surface area contributed by atoms with Gasteiger partial charge in [0, 0.05) is 13.2 Å². The van der Waals surface area contributed by atoms with Crippen LogP contribution in [0.2, 0.25) is 0 Å². The molecular formula is C11H24N2O3. The zero-order valence-corrected chi connectivity index (χ0v) is 10.5. The Morgan fingerprint density at radius 1 is 1.19 bits per heavy atom. The Bertz CT molecular complexity index is 171. The van der Waals surface area contributed by atoms with E-state index in [1.54, 1.807) is 0 Å². The van der Waals surface area contributed by atoms with Crippen LogP contribution in [0.1, 0.15) is 27.2 Å². The second kappa shape index (κ2) is 10.9. The van der Waals surface area contributed by atoms with Crippen molar-refractivity contribution in [1.29, 1.82) is 0 Å². The molecule has 16 heavy (non-hydrogen) atoms. The highest BCUT2D eigenvalue weighted by atomic mass is 16.7. The average molecular weight is 232 g/mol. The summed E-state index contributed by atoms with van der Waals surface area (Å²) in [7, 11) is 0. The molecule has 96 valence electrons. The molecule has 0 spiro atoms. The minimum absolute atomic E-state index is 0.0298. The Morgan fingerprint density at radius 2 is 1.81 bits per heavy atom. The van der Waals surface area contributed by atoms with E-state index in [0.29, 0.717) is 26.3 Å². The van der Waals surface area contributed by atoms with Crippen molar-refractivity contribution >= 4 is 5.91 Å². The van der Waals surface area contributed by atoms with Gasteiger partial charge in [0.1, 0.15) is 0 Å². The molecule has 5 nitrogen and oxygen atoms in total. The quantitative estimate of drug-likeness (QED) is 0.425. The number of ether oxygens (including phenoxy) is 2. The van der Waals surface area contributed by atoms with Gasteiger partial charge in [0.15, 0.2) is 6.29 Å². The highest BCUT2D eigenvalue weighted by Crippen LogP contribution is 1.92. The van der Waals surface area contributed by atoms with Crippen LogP contribution in [0.5, 0.6) is 0 Å². The molecule has 0 saturated carbocycles. The Balaban J connectivity index is 3.60. The van der Waals surface area contributed by atoms with E-state index in [1.165, 1.54) is 0 Å². The summed E-state index contributed by atoms with van der Waals surface area (Å²) >= 11 is 0. The van der Waals surface area contributed by atoms with Gasteiger partial charge >= 0.3 is 0 Å². The minimum Gasteiger partial charge on any atom is -0.351 e. The van der Waals surface area contributed by atoms with Crippen molar-refractivity contribution in [3.63, 3.8) is 0 Å². The summed E-state index contributed by atoms with van der Waals surface area (Å²) in [5.74, 6) is -0.0298. The fraction of sp³-hybridized carbons (Fsp3) is 0.909. The highest BCUT2D eigenvalue weighted by molar-refractivity contribution is 5.77. The van der Waals surface area contributed by atoms with E-state index in [2.05, 4.69) is 17.6 Å². The van der Waals surface area contributed by atoms with Crippen molar-refractivity contribution in [1.82, 2.24) is 10.6 Å². The second-order valence-electron chi connectivity index (χ2n) is 3.32. The topological polar surface area (TPSA) is 59.6 Å². The van der Waals surface area contributed by atoms with Gasteiger partial charge < -0.3 is 20.1 Å². The molecule has 0 aliphatic rings. The zero-order chi connectivity index (χ0) is 12.2. The largest absolute Gasteiger partial charge is 0.351 e. The van der Waals surface area contributed by atoms with Gasteiger partial charge in [0.05, 0.1) is 13.1 Å². The maximum absolute atomic E-state index is 11.3. The summed E-state index contributed by atoms with van der Waals surface area (Å²) < 4.78 is 10.6. The van der Waals surface area contributed by atoms with Gasteiger partial charge in [-0.15, -0.1) is 0 Å². The van der Waals surface area contributed by atoms with Gasteiger partial charge in [-0.25, -0.2) is 0 Å². The molecule has 0 unspecified atom stereocenters. The lowest BCUT2D eigenvalue weighted by atomic mass is 10.4. The van der Waals surface area contributed by atoms with Gasteiger partial charge in [-0.1, -0.05) is 6.92 Å². The number of amides is 1. The molecule has 0 aliphatic carbocycles. The van der Waals surface area contributed by atoms with Gasteiger partial charge in [-0.2, -0.15) is 0 Å². The maximum atomic E-state index is 11.3. The monoisotopic (exact) mass is 232 g/mol. The van der Waals surface area contributed by atoms with Crippen LogP contribution in [0, 0.1) is 0 Å². The van der Waals surface area contributed by atoms with E-state index in [9.17, 15) is 4.79 Å². The number of rotatable bonds is 10. The Morgan fingerprint density at radius 3 is 2.31 bits per heavy atom. The summed E-state index contributed by atoms with van der Waals surface area (Å²) in [5, 5.41) is 5.79.